The van der Waals surface area contributed by atoms with Crippen molar-refractivity contribution in [3.8, 4) is 22.9 Å². The molecule has 0 spiro atoms. The molecule has 7 nitrogen and oxygen atoms in total. The lowest BCUT2D eigenvalue weighted by Gasteiger charge is -2.12. The Balaban J connectivity index is 1.62. The Hall–Kier alpha value is -3.42. The molecule has 4 rings (SSSR count). The SMILES string of the molecule is COc1ccc(C(=O)Nc2cc(-c3nnc4n3CCCCC4)ccc2F)cc1OC. The number of aromatic nitrogens is 3. The maximum Gasteiger partial charge on any atom is 0.255 e. The first-order valence-electron chi connectivity index (χ1n) is 9.86. The molecule has 0 aliphatic carbocycles. The molecule has 1 N–H and O–H groups in total. The molecule has 2 aromatic carbocycles. The summed E-state index contributed by atoms with van der Waals surface area (Å²) in [6, 6.07) is 9.36. The van der Waals surface area contributed by atoms with Crippen LogP contribution in [0.2, 0.25) is 0 Å². The van der Waals surface area contributed by atoms with Gasteiger partial charge in [0, 0.05) is 24.1 Å². The molecule has 1 aromatic heterocycles. The Morgan fingerprint density at radius 3 is 2.67 bits per heavy atom. The van der Waals surface area contributed by atoms with Gasteiger partial charge in [0.2, 0.25) is 0 Å². The van der Waals surface area contributed by atoms with Crippen LogP contribution < -0.4 is 14.8 Å². The third kappa shape index (κ3) is 3.85. The molecule has 0 radical (unpaired) electrons. The number of benzene rings is 2. The summed E-state index contributed by atoms with van der Waals surface area (Å²) in [5.41, 5.74) is 1.12. The van der Waals surface area contributed by atoms with Gasteiger partial charge < -0.3 is 19.4 Å². The quantitative estimate of drug-likeness (QED) is 0.686. The molecule has 0 unspecified atom stereocenters. The van der Waals surface area contributed by atoms with Crippen molar-refractivity contribution in [1.29, 1.82) is 0 Å². The second-order valence-electron chi connectivity index (χ2n) is 7.12. The van der Waals surface area contributed by atoms with Gasteiger partial charge in [0.15, 0.2) is 17.3 Å². The Bertz CT molecular complexity index is 1080. The summed E-state index contributed by atoms with van der Waals surface area (Å²) >= 11 is 0. The lowest BCUT2D eigenvalue weighted by atomic mass is 10.1. The lowest BCUT2D eigenvalue weighted by molar-refractivity contribution is 0.102. The zero-order valence-electron chi connectivity index (χ0n) is 16.9. The second kappa shape index (κ2) is 8.52. The first kappa shape index (κ1) is 19.9. The number of hydrogen-bond acceptors (Lipinski definition) is 5. The third-order valence-corrected chi connectivity index (χ3v) is 5.23. The van der Waals surface area contributed by atoms with Crippen LogP contribution in [0.4, 0.5) is 10.1 Å². The van der Waals surface area contributed by atoms with E-state index in [-0.39, 0.29) is 5.69 Å². The number of methoxy groups -OCH3 is 2. The summed E-state index contributed by atoms with van der Waals surface area (Å²) in [6.45, 7) is 0.836. The van der Waals surface area contributed by atoms with Crippen molar-refractivity contribution in [3.05, 3.63) is 53.6 Å². The van der Waals surface area contributed by atoms with E-state index in [1.54, 1.807) is 30.3 Å². The van der Waals surface area contributed by atoms with Crippen molar-refractivity contribution in [3.63, 3.8) is 0 Å². The number of nitrogens with zero attached hydrogens (tertiary/aromatic N) is 3. The van der Waals surface area contributed by atoms with Crippen LogP contribution in [0.1, 0.15) is 35.4 Å². The van der Waals surface area contributed by atoms with Gasteiger partial charge in [0.05, 0.1) is 19.9 Å². The predicted molar refractivity (Wildman–Crippen MR) is 110 cm³/mol. The van der Waals surface area contributed by atoms with Crippen molar-refractivity contribution in [2.45, 2.75) is 32.2 Å². The maximum absolute atomic E-state index is 14.5. The van der Waals surface area contributed by atoms with Gasteiger partial charge in [-0.1, -0.05) is 6.42 Å². The highest BCUT2D eigenvalue weighted by Crippen LogP contribution is 2.29. The molecule has 0 fully saturated rings. The van der Waals surface area contributed by atoms with Crippen LogP contribution in [0.25, 0.3) is 11.4 Å². The highest BCUT2D eigenvalue weighted by molar-refractivity contribution is 6.05. The number of hydrogen-bond donors (Lipinski definition) is 1. The number of rotatable bonds is 5. The van der Waals surface area contributed by atoms with Crippen molar-refractivity contribution in [2.75, 3.05) is 19.5 Å². The van der Waals surface area contributed by atoms with Crippen LogP contribution in [0.3, 0.4) is 0 Å². The van der Waals surface area contributed by atoms with E-state index in [1.807, 2.05) is 0 Å². The van der Waals surface area contributed by atoms with Gasteiger partial charge in [-0.25, -0.2) is 4.39 Å². The van der Waals surface area contributed by atoms with Gasteiger partial charge in [-0.15, -0.1) is 10.2 Å². The van der Waals surface area contributed by atoms with Gasteiger partial charge in [-0.05, 0) is 49.2 Å². The average molecular weight is 410 g/mol. The molecular formula is C22H23FN4O3. The van der Waals surface area contributed by atoms with E-state index in [9.17, 15) is 9.18 Å². The van der Waals surface area contributed by atoms with Crippen LogP contribution in [-0.2, 0) is 13.0 Å². The minimum absolute atomic E-state index is 0.0817. The lowest BCUT2D eigenvalue weighted by Crippen LogP contribution is -2.13. The fourth-order valence-electron chi connectivity index (χ4n) is 3.63. The fraction of sp³-hybridized carbons (Fsp3) is 0.318. The highest BCUT2D eigenvalue weighted by atomic mass is 19.1. The monoisotopic (exact) mass is 410 g/mol. The number of aryl methyl sites for hydroxylation is 1. The maximum atomic E-state index is 14.5. The highest BCUT2D eigenvalue weighted by Gasteiger charge is 2.18. The number of halogens is 1. The van der Waals surface area contributed by atoms with E-state index >= 15 is 0 Å². The number of fused-ring (bicyclic) bond motifs is 1. The fourth-order valence-corrected chi connectivity index (χ4v) is 3.63. The molecule has 156 valence electrons. The molecule has 0 bridgehead atoms. The van der Waals surface area contributed by atoms with Crippen LogP contribution in [-0.4, -0.2) is 34.9 Å². The standard InChI is InChI=1S/C22H23FN4O3/c1-29-18-10-8-15(13-19(18)30-2)22(28)24-17-12-14(7-9-16(17)23)21-26-25-20-6-4-3-5-11-27(20)21/h7-10,12-13H,3-6,11H2,1-2H3,(H,24,28). The molecule has 8 heteroatoms. The normalized spacial score (nSPS) is 13.3. The van der Waals surface area contributed by atoms with Gasteiger partial charge >= 0.3 is 0 Å². The van der Waals surface area contributed by atoms with E-state index in [0.29, 0.717) is 28.5 Å². The van der Waals surface area contributed by atoms with Crippen molar-refractivity contribution >= 4 is 11.6 Å². The summed E-state index contributed by atoms with van der Waals surface area (Å²) in [5, 5.41) is 11.2. The van der Waals surface area contributed by atoms with Gasteiger partial charge in [0.25, 0.3) is 5.91 Å². The summed E-state index contributed by atoms with van der Waals surface area (Å²) in [5.74, 6) is 1.59. The van der Waals surface area contributed by atoms with Crippen LogP contribution in [0, 0.1) is 5.82 Å². The molecule has 0 atom stereocenters. The first-order chi connectivity index (χ1) is 14.6. The van der Waals surface area contributed by atoms with Crippen molar-refractivity contribution in [1.82, 2.24) is 14.8 Å². The Labute approximate surface area is 173 Å². The smallest absolute Gasteiger partial charge is 0.255 e. The zero-order valence-corrected chi connectivity index (χ0v) is 16.9. The minimum Gasteiger partial charge on any atom is -0.493 e. The predicted octanol–water partition coefficient (Wildman–Crippen LogP) is 4.08. The van der Waals surface area contributed by atoms with Crippen molar-refractivity contribution < 1.29 is 18.7 Å². The van der Waals surface area contributed by atoms with Crippen LogP contribution in [0.5, 0.6) is 11.5 Å². The van der Waals surface area contributed by atoms with Crippen LogP contribution in [0.15, 0.2) is 36.4 Å². The van der Waals surface area contributed by atoms with E-state index < -0.39 is 11.7 Å². The zero-order chi connectivity index (χ0) is 21.1. The Morgan fingerprint density at radius 1 is 1.03 bits per heavy atom. The van der Waals surface area contributed by atoms with E-state index in [1.165, 1.54) is 20.3 Å². The summed E-state index contributed by atoms with van der Waals surface area (Å²) in [4.78, 5) is 12.7. The Kier molecular flexibility index (Phi) is 5.65. The van der Waals surface area contributed by atoms with E-state index in [4.69, 9.17) is 9.47 Å². The van der Waals surface area contributed by atoms with Gasteiger partial charge in [0.1, 0.15) is 11.6 Å². The summed E-state index contributed by atoms with van der Waals surface area (Å²) < 4.78 is 27.0. The summed E-state index contributed by atoms with van der Waals surface area (Å²) in [6.07, 6.45) is 4.19. The number of ether oxygens (including phenoxy) is 2. The van der Waals surface area contributed by atoms with E-state index in [0.717, 1.165) is 38.1 Å². The third-order valence-electron chi connectivity index (χ3n) is 5.23. The number of nitrogens with one attached hydrogen (secondary N) is 1. The molecule has 30 heavy (non-hydrogen) atoms. The minimum atomic E-state index is -0.525. The molecule has 3 aromatic rings. The molecule has 2 heterocycles. The molecule has 0 saturated heterocycles. The molecule has 0 saturated carbocycles. The number of carbonyl (C=O) groups excluding carboxylic acids is 1. The number of anilines is 1. The average Bonchev–Trinajstić information content (AvgIpc) is 3.02. The van der Waals surface area contributed by atoms with Gasteiger partial charge in [-0.3, -0.25) is 4.79 Å². The molecule has 1 aliphatic rings. The molecule has 1 aliphatic heterocycles. The molecular weight excluding hydrogens is 387 g/mol. The number of carbonyl (C=O) groups is 1. The first-order valence-corrected chi connectivity index (χ1v) is 9.86. The number of amides is 1. The van der Waals surface area contributed by atoms with Crippen LogP contribution >= 0.6 is 0 Å². The largest absolute Gasteiger partial charge is 0.493 e. The Morgan fingerprint density at radius 2 is 1.87 bits per heavy atom. The summed E-state index contributed by atoms with van der Waals surface area (Å²) in [7, 11) is 3.01. The van der Waals surface area contributed by atoms with Gasteiger partial charge in [-0.2, -0.15) is 0 Å². The van der Waals surface area contributed by atoms with E-state index in [2.05, 4.69) is 20.1 Å². The van der Waals surface area contributed by atoms with Crippen molar-refractivity contribution in [2.24, 2.45) is 0 Å². The molecule has 1 amide bonds. The second-order valence-corrected chi connectivity index (χ2v) is 7.12. The topological polar surface area (TPSA) is 78.3 Å².